The van der Waals surface area contributed by atoms with Gasteiger partial charge >= 0.3 is 0 Å². The number of hydrogen-bond acceptors (Lipinski definition) is 4. The molecule has 1 saturated heterocycles. The number of furan rings is 1. The molecule has 0 unspecified atom stereocenters. The Bertz CT molecular complexity index is 721. The molecular formula is C21H28N2O4. The molecule has 4 saturated carbocycles. The van der Waals surface area contributed by atoms with Crippen molar-refractivity contribution in [3.05, 3.63) is 24.2 Å². The number of amides is 2. The Morgan fingerprint density at radius 3 is 2.44 bits per heavy atom. The van der Waals surface area contributed by atoms with Gasteiger partial charge in [-0.15, -0.1) is 0 Å². The molecule has 2 atom stereocenters. The Hall–Kier alpha value is -1.82. The molecule has 5 fully saturated rings. The topological polar surface area (TPSA) is 82.8 Å². The van der Waals surface area contributed by atoms with Crippen LogP contribution in [0.3, 0.4) is 0 Å². The molecule has 1 aliphatic heterocycles. The van der Waals surface area contributed by atoms with E-state index >= 15 is 0 Å². The Kier molecular flexibility index (Phi) is 3.90. The monoisotopic (exact) mass is 372 g/mol. The fourth-order valence-electron chi connectivity index (χ4n) is 6.60. The largest absolute Gasteiger partial charge is 0.459 e. The lowest BCUT2D eigenvalue weighted by molar-refractivity contribution is -0.178. The summed E-state index contributed by atoms with van der Waals surface area (Å²) in [7, 11) is 0. The van der Waals surface area contributed by atoms with E-state index in [1.165, 1.54) is 12.7 Å². The zero-order valence-corrected chi connectivity index (χ0v) is 15.7. The van der Waals surface area contributed by atoms with Gasteiger partial charge in [-0.2, -0.15) is 0 Å². The van der Waals surface area contributed by atoms with Crippen molar-refractivity contribution in [2.45, 2.75) is 63.0 Å². The van der Waals surface area contributed by atoms with Crippen molar-refractivity contribution in [2.24, 2.45) is 17.3 Å². The summed E-state index contributed by atoms with van der Waals surface area (Å²) in [5.41, 5.74) is -0.972. The zero-order chi connectivity index (χ0) is 18.6. The fourth-order valence-corrected chi connectivity index (χ4v) is 6.60. The highest BCUT2D eigenvalue weighted by atomic mass is 16.3. The van der Waals surface area contributed by atoms with E-state index in [4.69, 9.17) is 4.42 Å². The van der Waals surface area contributed by atoms with Gasteiger partial charge in [0.25, 0.3) is 5.91 Å². The van der Waals surface area contributed by atoms with E-state index in [-0.39, 0.29) is 23.3 Å². The Morgan fingerprint density at radius 2 is 1.85 bits per heavy atom. The second kappa shape index (κ2) is 6.09. The number of rotatable bonds is 3. The van der Waals surface area contributed by atoms with Crippen molar-refractivity contribution < 1.29 is 19.1 Å². The smallest absolute Gasteiger partial charge is 0.289 e. The Balaban J connectivity index is 1.20. The van der Waals surface area contributed by atoms with Gasteiger partial charge in [0.05, 0.1) is 17.3 Å². The maximum atomic E-state index is 13.2. The second-order valence-electron chi connectivity index (χ2n) is 9.48. The van der Waals surface area contributed by atoms with Crippen molar-refractivity contribution in [1.82, 2.24) is 10.2 Å². The van der Waals surface area contributed by atoms with Crippen LogP contribution in [-0.4, -0.2) is 46.6 Å². The van der Waals surface area contributed by atoms with E-state index in [1.807, 2.05) is 0 Å². The normalized spacial score (nSPS) is 38.2. The number of piperidine rings is 1. The zero-order valence-electron chi connectivity index (χ0n) is 15.7. The highest BCUT2D eigenvalue weighted by Gasteiger charge is 2.60. The molecule has 2 heterocycles. The predicted octanol–water partition coefficient (Wildman–Crippen LogP) is 2.33. The van der Waals surface area contributed by atoms with Crippen molar-refractivity contribution in [1.29, 1.82) is 0 Å². The minimum atomic E-state index is -0.611. The summed E-state index contributed by atoms with van der Waals surface area (Å²) in [5, 5.41) is 14.2. The maximum Gasteiger partial charge on any atom is 0.289 e. The molecule has 4 aliphatic carbocycles. The van der Waals surface area contributed by atoms with Gasteiger partial charge in [-0.3, -0.25) is 9.59 Å². The van der Waals surface area contributed by atoms with Crippen LogP contribution in [0.2, 0.25) is 0 Å². The molecule has 2 N–H and O–H groups in total. The molecule has 2 amide bonds. The minimum Gasteiger partial charge on any atom is -0.459 e. The lowest BCUT2D eigenvalue weighted by Gasteiger charge is -2.59. The number of aliphatic hydroxyl groups is 1. The first-order valence-corrected chi connectivity index (χ1v) is 10.3. The highest BCUT2D eigenvalue weighted by Crippen LogP contribution is 2.61. The number of likely N-dealkylation sites (tertiary alicyclic amines) is 1. The average molecular weight is 372 g/mol. The molecule has 6 rings (SSSR count). The Labute approximate surface area is 159 Å². The summed E-state index contributed by atoms with van der Waals surface area (Å²) in [4.78, 5) is 27.4. The van der Waals surface area contributed by atoms with E-state index < -0.39 is 5.60 Å². The van der Waals surface area contributed by atoms with Crippen molar-refractivity contribution in [3.63, 3.8) is 0 Å². The van der Waals surface area contributed by atoms with Crippen LogP contribution in [0.4, 0.5) is 0 Å². The third-order valence-corrected chi connectivity index (χ3v) is 7.36. The number of nitrogens with zero attached hydrogens (tertiary/aromatic N) is 1. The van der Waals surface area contributed by atoms with E-state index in [0.29, 0.717) is 37.1 Å². The molecule has 1 aromatic heterocycles. The summed E-state index contributed by atoms with van der Waals surface area (Å²) >= 11 is 0. The van der Waals surface area contributed by atoms with Gasteiger partial charge in [-0.1, -0.05) is 0 Å². The number of hydrogen-bond donors (Lipinski definition) is 2. The third-order valence-electron chi connectivity index (χ3n) is 7.36. The first-order valence-electron chi connectivity index (χ1n) is 10.3. The van der Waals surface area contributed by atoms with Crippen molar-refractivity contribution in [3.8, 4) is 0 Å². The van der Waals surface area contributed by atoms with Gasteiger partial charge in [0, 0.05) is 19.1 Å². The standard InChI is InChI=1S/C21H28N2O4/c24-18(17-2-1-7-27-17)23-5-3-16(4-6-23)22-19(25)20-9-14-8-15(10-20)12-21(26,11-14)13-20/h1-2,7,14-16,26H,3-6,8-13H2,(H,22,25)/t14-,15-,20?,21?/m1/s1. The molecule has 6 heteroatoms. The molecule has 1 aromatic rings. The van der Waals surface area contributed by atoms with Gasteiger partial charge in [0.15, 0.2) is 5.76 Å². The van der Waals surface area contributed by atoms with E-state index in [2.05, 4.69) is 5.32 Å². The molecule has 0 aromatic carbocycles. The van der Waals surface area contributed by atoms with E-state index in [9.17, 15) is 14.7 Å². The Morgan fingerprint density at radius 1 is 1.15 bits per heavy atom. The quantitative estimate of drug-likeness (QED) is 0.853. The van der Waals surface area contributed by atoms with Crippen LogP contribution in [0.5, 0.6) is 0 Å². The van der Waals surface area contributed by atoms with Gasteiger partial charge in [0.2, 0.25) is 5.91 Å². The molecule has 27 heavy (non-hydrogen) atoms. The lowest BCUT2D eigenvalue weighted by Crippen LogP contribution is -2.61. The van der Waals surface area contributed by atoms with E-state index in [0.717, 1.165) is 38.5 Å². The van der Waals surface area contributed by atoms with Gasteiger partial charge in [-0.05, 0) is 75.3 Å². The summed E-state index contributed by atoms with van der Waals surface area (Å²) in [6.45, 7) is 1.26. The third kappa shape index (κ3) is 2.98. The molecule has 5 aliphatic rings. The van der Waals surface area contributed by atoms with Gasteiger partial charge in [-0.25, -0.2) is 0 Å². The van der Waals surface area contributed by atoms with Crippen LogP contribution in [0.1, 0.15) is 61.9 Å². The van der Waals surface area contributed by atoms with Crippen LogP contribution in [-0.2, 0) is 4.79 Å². The van der Waals surface area contributed by atoms with Gasteiger partial charge < -0.3 is 19.7 Å². The maximum absolute atomic E-state index is 13.2. The fraction of sp³-hybridized carbons (Fsp3) is 0.714. The number of carbonyl (C=O) groups excluding carboxylic acids is 2. The number of nitrogens with one attached hydrogen (secondary N) is 1. The van der Waals surface area contributed by atoms with E-state index in [1.54, 1.807) is 17.0 Å². The predicted molar refractivity (Wildman–Crippen MR) is 97.8 cm³/mol. The molecule has 4 bridgehead atoms. The first-order chi connectivity index (χ1) is 12.9. The SMILES string of the molecule is O=C(c1ccco1)N1CCC(NC(=O)C23C[C@H]4C[C@@H](CC(O)(C4)C2)C3)CC1. The summed E-state index contributed by atoms with van der Waals surface area (Å²) in [6, 6.07) is 3.52. The summed E-state index contributed by atoms with van der Waals surface area (Å²) < 4.78 is 5.20. The minimum absolute atomic E-state index is 0.0758. The molecule has 0 radical (unpaired) electrons. The molecule has 0 spiro atoms. The molecular weight excluding hydrogens is 344 g/mol. The highest BCUT2D eigenvalue weighted by molar-refractivity contribution is 5.91. The van der Waals surface area contributed by atoms with Crippen LogP contribution < -0.4 is 5.32 Å². The number of carbonyl (C=O) groups is 2. The summed E-state index contributed by atoms with van der Waals surface area (Å²) in [5.74, 6) is 1.46. The second-order valence-corrected chi connectivity index (χ2v) is 9.48. The summed E-state index contributed by atoms with van der Waals surface area (Å²) in [6.07, 6.45) is 8.51. The first kappa shape index (κ1) is 17.3. The van der Waals surface area contributed by atoms with Crippen LogP contribution in [0.25, 0.3) is 0 Å². The van der Waals surface area contributed by atoms with Crippen LogP contribution in [0, 0.1) is 17.3 Å². The van der Waals surface area contributed by atoms with Gasteiger partial charge in [0.1, 0.15) is 0 Å². The lowest BCUT2D eigenvalue weighted by atomic mass is 9.47. The average Bonchev–Trinajstić information content (AvgIpc) is 3.14. The molecule has 146 valence electrons. The molecule has 6 nitrogen and oxygen atoms in total. The van der Waals surface area contributed by atoms with Crippen LogP contribution >= 0.6 is 0 Å². The van der Waals surface area contributed by atoms with Crippen LogP contribution in [0.15, 0.2) is 22.8 Å². The van der Waals surface area contributed by atoms with Crippen molar-refractivity contribution in [2.75, 3.05) is 13.1 Å². The van der Waals surface area contributed by atoms with Crippen molar-refractivity contribution >= 4 is 11.8 Å².